The third-order valence-electron chi connectivity index (χ3n) is 3.06. The smallest absolute Gasteiger partial charge is 0.257 e. The molecule has 0 radical (unpaired) electrons. The fraction of sp³-hybridized carbons (Fsp3) is 0.0625. The summed E-state index contributed by atoms with van der Waals surface area (Å²) in [6, 6.07) is 15.1. The van der Waals surface area contributed by atoms with E-state index in [0.717, 1.165) is 15.8 Å². The molecule has 0 fully saturated rings. The van der Waals surface area contributed by atoms with E-state index in [2.05, 4.69) is 15.6 Å². The Hall–Kier alpha value is -2.31. The standard InChI is InChI=1S/C16H13N3OS2/c1-10-6-8-11(9-7-10)14(20)18-15(21)19-16-17-12-4-2-3-5-13(12)22-16/h2-9H,1H3,(H2,17,18,19,20,21). The topological polar surface area (TPSA) is 54.0 Å². The van der Waals surface area contributed by atoms with Gasteiger partial charge in [-0.1, -0.05) is 41.2 Å². The lowest BCUT2D eigenvalue weighted by Gasteiger charge is -2.07. The van der Waals surface area contributed by atoms with Crippen LogP contribution in [0.15, 0.2) is 48.5 Å². The molecule has 0 aliphatic heterocycles. The zero-order valence-electron chi connectivity index (χ0n) is 11.8. The van der Waals surface area contributed by atoms with E-state index in [1.807, 2.05) is 43.3 Å². The van der Waals surface area contributed by atoms with Crippen molar-refractivity contribution in [1.29, 1.82) is 0 Å². The van der Waals surface area contributed by atoms with Crippen molar-refractivity contribution in [1.82, 2.24) is 10.3 Å². The number of rotatable bonds is 2. The summed E-state index contributed by atoms with van der Waals surface area (Å²) in [5.74, 6) is -0.237. The van der Waals surface area contributed by atoms with Gasteiger partial charge in [0.15, 0.2) is 10.2 Å². The minimum absolute atomic E-state index is 0.237. The van der Waals surface area contributed by atoms with Crippen LogP contribution in [0.4, 0.5) is 5.13 Å². The van der Waals surface area contributed by atoms with Crippen molar-refractivity contribution in [2.24, 2.45) is 0 Å². The maximum Gasteiger partial charge on any atom is 0.257 e. The van der Waals surface area contributed by atoms with Crippen molar-refractivity contribution in [2.45, 2.75) is 6.92 Å². The zero-order valence-corrected chi connectivity index (χ0v) is 13.4. The average Bonchev–Trinajstić information content (AvgIpc) is 2.89. The van der Waals surface area contributed by atoms with Gasteiger partial charge in [0.2, 0.25) is 0 Å². The van der Waals surface area contributed by atoms with Crippen LogP contribution < -0.4 is 10.6 Å². The SMILES string of the molecule is Cc1ccc(C(=O)NC(=S)Nc2nc3ccccc3s2)cc1. The molecule has 1 heterocycles. The molecule has 4 nitrogen and oxygen atoms in total. The van der Waals surface area contributed by atoms with Gasteiger partial charge in [0.05, 0.1) is 10.2 Å². The number of nitrogens with zero attached hydrogens (tertiary/aromatic N) is 1. The average molecular weight is 327 g/mol. The van der Waals surface area contributed by atoms with Gasteiger partial charge in [0.1, 0.15) is 0 Å². The molecule has 1 aromatic heterocycles. The van der Waals surface area contributed by atoms with Crippen molar-refractivity contribution in [3.63, 3.8) is 0 Å². The van der Waals surface area contributed by atoms with E-state index in [9.17, 15) is 4.79 Å². The summed E-state index contributed by atoms with van der Waals surface area (Å²) < 4.78 is 1.07. The molecule has 1 amide bonds. The van der Waals surface area contributed by atoms with Crippen LogP contribution in [0.2, 0.25) is 0 Å². The molecule has 0 aliphatic rings. The number of carbonyl (C=O) groups is 1. The molecule has 3 aromatic rings. The van der Waals surface area contributed by atoms with Crippen LogP contribution in [-0.2, 0) is 0 Å². The second kappa shape index (κ2) is 6.21. The van der Waals surface area contributed by atoms with E-state index in [4.69, 9.17) is 12.2 Å². The van der Waals surface area contributed by atoms with E-state index < -0.39 is 0 Å². The quantitative estimate of drug-likeness (QED) is 0.704. The number of aromatic nitrogens is 1. The number of carbonyl (C=O) groups excluding carboxylic acids is 1. The monoisotopic (exact) mass is 327 g/mol. The van der Waals surface area contributed by atoms with Crippen LogP contribution in [0.5, 0.6) is 0 Å². The first kappa shape index (κ1) is 14.6. The van der Waals surface area contributed by atoms with Crippen molar-refractivity contribution < 1.29 is 4.79 Å². The second-order valence-electron chi connectivity index (χ2n) is 4.76. The first-order valence-electron chi connectivity index (χ1n) is 6.66. The Bertz CT molecular complexity index is 807. The van der Waals surface area contributed by atoms with Gasteiger partial charge < -0.3 is 5.32 Å². The third kappa shape index (κ3) is 3.29. The fourth-order valence-corrected chi connectivity index (χ4v) is 3.06. The Kier molecular flexibility index (Phi) is 4.13. The van der Waals surface area contributed by atoms with E-state index in [1.54, 1.807) is 12.1 Å². The highest BCUT2D eigenvalue weighted by Crippen LogP contribution is 2.25. The van der Waals surface area contributed by atoms with Gasteiger partial charge >= 0.3 is 0 Å². The largest absolute Gasteiger partial charge is 0.308 e. The number of hydrogen-bond donors (Lipinski definition) is 2. The lowest BCUT2D eigenvalue weighted by molar-refractivity contribution is 0.0978. The van der Waals surface area contributed by atoms with Gasteiger partial charge in [0, 0.05) is 5.56 Å². The van der Waals surface area contributed by atoms with Gasteiger partial charge in [-0.25, -0.2) is 4.98 Å². The molecule has 0 unspecified atom stereocenters. The summed E-state index contributed by atoms with van der Waals surface area (Å²) in [6.45, 7) is 1.97. The summed E-state index contributed by atoms with van der Waals surface area (Å²) in [5, 5.41) is 6.51. The highest BCUT2D eigenvalue weighted by molar-refractivity contribution is 7.80. The van der Waals surface area contributed by atoms with Gasteiger partial charge in [-0.15, -0.1) is 0 Å². The molecule has 0 atom stereocenters. The summed E-state index contributed by atoms with van der Waals surface area (Å²) in [4.78, 5) is 16.5. The molecule has 6 heteroatoms. The fourth-order valence-electron chi connectivity index (χ4n) is 1.93. The zero-order chi connectivity index (χ0) is 15.5. The molecule has 110 valence electrons. The first-order valence-corrected chi connectivity index (χ1v) is 7.89. The Morgan fingerprint density at radius 2 is 1.86 bits per heavy atom. The lowest BCUT2D eigenvalue weighted by Crippen LogP contribution is -2.34. The molecule has 22 heavy (non-hydrogen) atoms. The highest BCUT2D eigenvalue weighted by atomic mass is 32.1. The number of benzene rings is 2. The number of nitrogens with one attached hydrogen (secondary N) is 2. The van der Waals surface area contributed by atoms with Crippen LogP contribution in [0.25, 0.3) is 10.2 Å². The predicted molar refractivity (Wildman–Crippen MR) is 94.5 cm³/mol. The minimum Gasteiger partial charge on any atom is -0.308 e. The van der Waals surface area contributed by atoms with Crippen molar-refractivity contribution in [3.8, 4) is 0 Å². The van der Waals surface area contributed by atoms with Crippen LogP contribution in [0.1, 0.15) is 15.9 Å². The predicted octanol–water partition coefficient (Wildman–Crippen LogP) is 3.73. The number of amides is 1. The van der Waals surface area contributed by atoms with Gasteiger partial charge in [-0.3, -0.25) is 10.1 Å². The highest BCUT2D eigenvalue weighted by Gasteiger charge is 2.09. The van der Waals surface area contributed by atoms with Crippen LogP contribution in [0.3, 0.4) is 0 Å². The first-order chi connectivity index (χ1) is 10.6. The molecule has 0 saturated carbocycles. The van der Waals surface area contributed by atoms with Crippen molar-refractivity contribution >= 4 is 49.9 Å². The minimum atomic E-state index is -0.237. The lowest BCUT2D eigenvalue weighted by atomic mass is 10.1. The number of thiazole rings is 1. The maximum absolute atomic E-state index is 12.1. The molecule has 0 spiro atoms. The summed E-state index contributed by atoms with van der Waals surface area (Å²) in [5.41, 5.74) is 2.58. The van der Waals surface area contributed by atoms with Crippen LogP contribution in [0, 0.1) is 6.92 Å². The van der Waals surface area contributed by atoms with Crippen molar-refractivity contribution in [3.05, 3.63) is 59.7 Å². The Morgan fingerprint density at radius 1 is 1.14 bits per heavy atom. The molecule has 0 saturated heterocycles. The molecular weight excluding hydrogens is 314 g/mol. The van der Waals surface area contributed by atoms with Crippen LogP contribution in [-0.4, -0.2) is 16.0 Å². The van der Waals surface area contributed by atoms with Gasteiger partial charge in [-0.05, 0) is 43.4 Å². The van der Waals surface area contributed by atoms with Crippen molar-refractivity contribution in [2.75, 3.05) is 5.32 Å². The number of hydrogen-bond acceptors (Lipinski definition) is 4. The summed E-state index contributed by atoms with van der Waals surface area (Å²) >= 11 is 6.66. The van der Waals surface area contributed by atoms with Crippen LogP contribution >= 0.6 is 23.6 Å². The maximum atomic E-state index is 12.1. The number of fused-ring (bicyclic) bond motifs is 1. The molecule has 2 aromatic carbocycles. The molecule has 2 N–H and O–H groups in total. The number of anilines is 1. The molecule has 3 rings (SSSR count). The van der Waals surface area contributed by atoms with Gasteiger partial charge in [-0.2, -0.15) is 0 Å². The number of thiocarbonyl (C=S) groups is 1. The normalized spacial score (nSPS) is 10.4. The Labute approximate surface area is 137 Å². The summed E-state index contributed by atoms with van der Waals surface area (Å²) in [7, 11) is 0. The Balaban J connectivity index is 1.66. The number of para-hydroxylation sites is 1. The molecule has 0 aliphatic carbocycles. The number of aryl methyl sites for hydroxylation is 1. The summed E-state index contributed by atoms with van der Waals surface area (Å²) in [6.07, 6.45) is 0. The van der Waals surface area contributed by atoms with Gasteiger partial charge in [0.25, 0.3) is 5.91 Å². The Morgan fingerprint density at radius 3 is 2.59 bits per heavy atom. The van der Waals surface area contributed by atoms with E-state index in [-0.39, 0.29) is 11.0 Å². The van der Waals surface area contributed by atoms with E-state index in [1.165, 1.54) is 11.3 Å². The molecular formula is C16H13N3OS2. The van der Waals surface area contributed by atoms with E-state index >= 15 is 0 Å². The molecule has 0 bridgehead atoms. The third-order valence-corrected chi connectivity index (χ3v) is 4.21. The van der Waals surface area contributed by atoms with E-state index in [0.29, 0.717) is 10.7 Å². The second-order valence-corrected chi connectivity index (χ2v) is 6.20.